The van der Waals surface area contributed by atoms with Crippen LogP contribution >= 0.6 is 0 Å². The Bertz CT molecular complexity index is 1370. The third kappa shape index (κ3) is 67.0. The molecular weight excluding hydrogens is 1010 g/mol. The maximum absolute atomic E-state index is 12.5. The fraction of sp³-hybridized carbons (Fsp3) is 0.868. The van der Waals surface area contributed by atoms with Crippen molar-refractivity contribution in [1.82, 2.24) is 5.32 Å². The van der Waals surface area contributed by atoms with Gasteiger partial charge in [0, 0.05) is 12.8 Å². The summed E-state index contributed by atoms with van der Waals surface area (Å²) in [7, 11) is 0. The van der Waals surface area contributed by atoms with Gasteiger partial charge in [-0.2, -0.15) is 0 Å². The quantitative estimate of drug-likeness (QED) is 0.0320. The van der Waals surface area contributed by atoms with Crippen molar-refractivity contribution in [2.24, 2.45) is 0 Å². The Kier molecular flexibility index (Phi) is 69.4. The number of carbonyl (C=O) groups excluding carboxylic acids is 2. The molecule has 482 valence electrons. The molecule has 0 bridgehead atoms. The van der Waals surface area contributed by atoms with Crippen molar-refractivity contribution >= 4 is 11.9 Å². The van der Waals surface area contributed by atoms with Gasteiger partial charge in [0.05, 0.1) is 25.4 Å². The molecule has 0 fully saturated rings. The van der Waals surface area contributed by atoms with E-state index in [-0.39, 0.29) is 18.5 Å². The molecule has 0 rings (SSSR count). The zero-order chi connectivity index (χ0) is 59.2. The smallest absolute Gasteiger partial charge is 0.305 e. The summed E-state index contributed by atoms with van der Waals surface area (Å²) in [5, 5.41) is 23.4. The molecule has 3 N–H and O–H groups in total. The van der Waals surface area contributed by atoms with Gasteiger partial charge in [0.15, 0.2) is 0 Å². The van der Waals surface area contributed by atoms with Gasteiger partial charge in [-0.05, 0) is 89.9 Å². The van der Waals surface area contributed by atoms with E-state index >= 15 is 0 Å². The van der Waals surface area contributed by atoms with Gasteiger partial charge < -0.3 is 20.3 Å². The SMILES string of the molecule is CCCCC/C=C\C/C=C\CCCCCCCC(=O)OCCCCCCCCCCC/C=C\C/C=C\CCCCCCCCCCCCCCCCCC(=O)NC(CO)C(O)CCCCCCCCCCCCCCCCCCCCC. The first-order valence-corrected chi connectivity index (χ1v) is 36.9. The van der Waals surface area contributed by atoms with Crippen LogP contribution in [0.25, 0.3) is 0 Å². The molecule has 0 aliphatic heterocycles. The molecule has 0 aromatic rings. The molecule has 1 amide bonds. The number of unbranched alkanes of at least 4 members (excludes halogenated alkanes) is 50. The Morgan fingerprint density at radius 1 is 0.341 bits per heavy atom. The Morgan fingerprint density at radius 3 is 0.951 bits per heavy atom. The number of esters is 1. The summed E-state index contributed by atoms with van der Waals surface area (Å²) in [6.45, 7) is 4.95. The van der Waals surface area contributed by atoms with Gasteiger partial charge >= 0.3 is 5.97 Å². The first-order chi connectivity index (χ1) is 40.5. The van der Waals surface area contributed by atoms with Crippen LogP contribution in [0.4, 0.5) is 0 Å². The van der Waals surface area contributed by atoms with E-state index in [0.717, 1.165) is 57.8 Å². The predicted molar refractivity (Wildman–Crippen MR) is 361 cm³/mol. The van der Waals surface area contributed by atoms with Gasteiger partial charge in [-0.1, -0.05) is 345 Å². The highest BCUT2D eigenvalue weighted by molar-refractivity contribution is 5.76. The number of hydrogen-bond acceptors (Lipinski definition) is 5. The fourth-order valence-electron chi connectivity index (χ4n) is 11.5. The number of ether oxygens (including phenoxy) is 1. The number of aliphatic hydroxyl groups excluding tert-OH is 2. The predicted octanol–water partition coefficient (Wildman–Crippen LogP) is 24.0. The highest BCUT2D eigenvalue weighted by Gasteiger charge is 2.20. The first kappa shape index (κ1) is 79.8. The Hall–Kier alpha value is -2.18. The minimum absolute atomic E-state index is 0.000619. The van der Waals surface area contributed by atoms with Crippen molar-refractivity contribution in [2.45, 2.75) is 411 Å². The number of hydrogen-bond donors (Lipinski definition) is 3. The molecule has 0 aliphatic carbocycles. The number of amides is 1. The molecule has 0 aromatic heterocycles. The minimum Gasteiger partial charge on any atom is -0.466 e. The zero-order valence-electron chi connectivity index (χ0n) is 55.2. The van der Waals surface area contributed by atoms with Gasteiger partial charge in [0.1, 0.15) is 0 Å². The molecule has 0 saturated carbocycles. The largest absolute Gasteiger partial charge is 0.466 e. The summed E-state index contributed by atoms with van der Waals surface area (Å²) in [5.41, 5.74) is 0. The van der Waals surface area contributed by atoms with Crippen LogP contribution < -0.4 is 5.32 Å². The summed E-state index contributed by atoms with van der Waals surface area (Å²) >= 11 is 0. The maximum atomic E-state index is 12.5. The van der Waals surface area contributed by atoms with Crippen LogP contribution in [0.1, 0.15) is 399 Å². The summed E-state index contributed by atoms with van der Waals surface area (Å²) in [6.07, 6.45) is 93.1. The van der Waals surface area contributed by atoms with Crippen LogP contribution in [0.15, 0.2) is 48.6 Å². The van der Waals surface area contributed by atoms with Crippen molar-refractivity contribution in [3.63, 3.8) is 0 Å². The lowest BCUT2D eigenvalue weighted by molar-refractivity contribution is -0.143. The van der Waals surface area contributed by atoms with Gasteiger partial charge in [-0.3, -0.25) is 9.59 Å². The molecule has 0 spiro atoms. The van der Waals surface area contributed by atoms with Crippen LogP contribution in [-0.2, 0) is 14.3 Å². The molecule has 2 unspecified atom stereocenters. The molecule has 6 nitrogen and oxygen atoms in total. The third-order valence-electron chi connectivity index (χ3n) is 17.1. The van der Waals surface area contributed by atoms with Crippen molar-refractivity contribution in [3.8, 4) is 0 Å². The number of aliphatic hydroxyl groups is 2. The van der Waals surface area contributed by atoms with Gasteiger partial charge in [0.25, 0.3) is 0 Å². The van der Waals surface area contributed by atoms with Gasteiger partial charge in [0.2, 0.25) is 5.91 Å². The normalized spacial score (nSPS) is 12.8. The average molecular weight is 1150 g/mol. The lowest BCUT2D eigenvalue weighted by Gasteiger charge is -2.22. The molecule has 2 atom stereocenters. The fourth-order valence-corrected chi connectivity index (χ4v) is 11.5. The topological polar surface area (TPSA) is 95.9 Å². The van der Waals surface area contributed by atoms with Crippen LogP contribution in [0.2, 0.25) is 0 Å². The summed E-state index contributed by atoms with van der Waals surface area (Å²) in [5.74, 6) is -0.0315. The van der Waals surface area contributed by atoms with Gasteiger partial charge in [-0.15, -0.1) is 0 Å². The average Bonchev–Trinajstić information content (AvgIpc) is 3.48. The molecule has 0 radical (unpaired) electrons. The van der Waals surface area contributed by atoms with E-state index in [1.54, 1.807) is 0 Å². The van der Waals surface area contributed by atoms with Crippen molar-refractivity contribution in [1.29, 1.82) is 0 Å². The molecule has 6 heteroatoms. The summed E-state index contributed by atoms with van der Waals surface area (Å²) < 4.78 is 5.48. The van der Waals surface area contributed by atoms with E-state index in [1.807, 2.05) is 0 Å². The second-order valence-electron chi connectivity index (χ2n) is 25.3. The van der Waals surface area contributed by atoms with E-state index in [4.69, 9.17) is 4.74 Å². The minimum atomic E-state index is -0.665. The first-order valence-electron chi connectivity index (χ1n) is 36.9. The van der Waals surface area contributed by atoms with E-state index in [9.17, 15) is 19.8 Å². The Labute approximate surface area is 512 Å². The highest BCUT2D eigenvalue weighted by atomic mass is 16.5. The lowest BCUT2D eigenvalue weighted by Crippen LogP contribution is -2.45. The van der Waals surface area contributed by atoms with E-state index in [1.165, 1.54) is 308 Å². The molecule has 0 saturated heterocycles. The molecule has 0 aromatic carbocycles. The van der Waals surface area contributed by atoms with E-state index < -0.39 is 12.1 Å². The monoisotopic (exact) mass is 1150 g/mol. The number of carbonyl (C=O) groups is 2. The number of rotatable bonds is 69. The van der Waals surface area contributed by atoms with Crippen LogP contribution in [0, 0.1) is 0 Å². The van der Waals surface area contributed by atoms with Crippen LogP contribution in [0.5, 0.6) is 0 Å². The lowest BCUT2D eigenvalue weighted by atomic mass is 10.0. The number of nitrogens with one attached hydrogen (secondary N) is 1. The molecule has 82 heavy (non-hydrogen) atoms. The van der Waals surface area contributed by atoms with Crippen molar-refractivity contribution < 1.29 is 24.5 Å². The van der Waals surface area contributed by atoms with Crippen LogP contribution in [-0.4, -0.2) is 47.4 Å². The summed E-state index contributed by atoms with van der Waals surface area (Å²) in [4.78, 5) is 24.6. The molecule has 0 aliphatic rings. The Balaban J connectivity index is 3.40. The number of allylic oxidation sites excluding steroid dienone is 8. The van der Waals surface area contributed by atoms with Gasteiger partial charge in [-0.25, -0.2) is 0 Å². The zero-order valence-corrected chi connectivity index (χ0v) is 55.2. The standard InChI is InChI=1S/C76H143NO5/c1-3-5-7-9-11-13-15-17-19-20-34-37-41-44-48-52-56-60-64-68-74(79)73(72-78)77-75(80)69-65-61-57-53-49-45-42-38-35-32-30-28-26-24-22-21-23-25-27-29-31-33-36-39-43-47-51-55-59-63-67-71-82-76(81)70-66-62-58-54-50-46-40-18-16-14-12-10-8-6-4-2/h12,14,18,23,25,29,31,40,73-74,78-79H,3-11,13,15-17,19-22,24,26-28,30,32-39,41-72H2,1-2H3,(H,77,80)/b14-12-,25-23-,31-29-,40-18-. The maximum Gasteiger partial charge on any atom is 0.305 e. The second kappa shape index (κ2) is 71.3. The van der Waals surface area contributed by atoms with Crippen LogP contribution in [0.3, 0.4) is 0 Å². The van der Waals surface area contributed by atoms with Crippen molar-refractivity contribution in [3.05, 3.63) is 48.6 Å². The van der Waals surface area contributed by atoms with E-state index in [2.05, 4.69) is 67.8 Å². The highest BCUT2D eigenvalue weighted by Crippen LogP contribution is 2.19. The summed E-state index contributed by atoms with van der Waals surface area (Å²) in [6, 6.07) is -0.542. The second-order valence-corrected chi connectivity index (χ2v) is 25.3. The molecule has 0 heterocycles. The van der Waals surface area contributed by atoms with Crippen molar-refractivity contribution in [2.75, 3.05) is 13.2 Å². The molecular formula is C76H143NO5. The third-order valence-corrected chi connectivity index (χ3v) is 17.1. The Morgan fingerprint density at radius 2 is 0.610 bits per heavy atom. The van der Waals surface area contributed by atoms with E-state index in [0.29, 0.717) is 25.9 Å².